The SMILES string of the molecule is CNC(=O)c1cccc(C2=NC(=O)c3c(-c4cccc(C(=O)NC)c4)[nH]c(O)c32)c1. The molecule has 0 spiro atoms. The van der Waals surface area contributed by atoms with E-state index in [1.54, 1.807) is 48.5 Å². The predicted molar refractivity (Wildman–Crippen MR) is 111 cm³/mol. The van der Waals surface area contributed by atoms with Crippen LogP contribution in [0.15, 0.2) is 53.5 Å². The van der Waals surface area contributed by atoms with Gasteiger partial charge < -0.3 is 20.7 Å². The number of rotatable bonds is 4. The molecule has 8 heteroatoms. The number of H-pyrrole nitrogens is 1. The summed E-state index contributed by atoms with van der Waals surface area (Å²) in [7, 11) is 3.06. The lowest BCUT2D eigenvalue weighted by atomic mass is 9.98. The number of amides is 3. The first kappa shape index (κ1) is 19.1. The van der Waals surface area contributed by atoms with E-state index in [2.05, 4.69) is 20.6 Å². The molecule has 2 aromatic carbocycles. The Kier molecular flexibility index (Phi) is 4.67. The van der Waals surface area contributed by atoms with E-state index in [1.165, 1.54) is 14.1 Å². The number of benzene rings is 2. The number of aromatic hydroxyl groups is 1. The molecule has 1 aromatic heterocycles. The monoisotopic (exact) mass is 402 g/mol. The molecular weight excluding hydrogens is 384 g/mol. The van der Waals surface area contributed by atoms with Crippen LogP contribution in [0.1, 0.15) is 42.2 Å². The summed E-state index contributed by atoms with van der Waals surface area (Å²) in [5.74, 6) is -1.26. The Bertz CT molecular complexity index is 1240. The Hall–Kier alpha value is -4.20. The summed E-state index contributed by atoms with van der Waals surface area (Å²) in [4.78, 5) is 43.6. The highest BCUT2D eigenvalue weighted by atomic mass is 16.3. The molecule has 0 fully saturated rings. The van der Waals surface area contributed by atoms with E-state index in [1.807, 2.05) is 0 Å². The minimum atomic E-state index is -0.512. The minimum Gasteiger partial charge on any atom is -0.494 e. The van der Waals surface area contributed by atoms with Gasteiger partial charge in [-0.3, -0.25) is 14.4 Å². The molecule has 0 aliphatic carbocycles. The normalized spacial score (nSPS) is 12.3. The summed E-state index contributed by atoms with van der Waals surface area (Å²) in [5.41, 5.74) is 3.08. The zero-order chi connectivity index (χ0) is 21.4. The fraction of sp³-hybridized carbons (Fsp3) is 0.0909. The lowest BCUT2D eigenvalue weighted by Gasteiger charge is -2.05. The smallest absolute Gasteiger partial charge is 0.280 e. The molecule has 0 atom stereocenters. The van der Waals surface area contributed by atoms with Gasteiger partial charge in [0, 0.05) is 30.8 Å². The summed E-state index contributed by atoms with van der Waals surface area (Å²) in [6.45, 7) is 0. The molecular formula is C22H18N4O4. The van der Waals surface area contributed by atoms with Crippen molar-refractivity contribution in [1.82, 2.24) is 15.6 Å². The molecule has 0 saturated carbocycles. The molecule has 0 radical (unpaired) electrons. The molecule has 1 aliphatic heterocycles. The summed E-state index contributed by atoms with van der Waals surface area (Å²) in [5, 5.41) is 15.7. The quantitative estimate of drug-likeness (QED) is 0.533. The van der Waals surface area contributed by atoms with E-state index < -0.39 is 5.91 Å². The lowest BCUT2D eigenvalue weighted by molar-refractivity contribution is 0.0955. The first-order valence-corrected chi connectivity index (χ1v) is 9.18. The number of aromatic nitrogens is 1. The predicted octanol–water partition coefficient (Wildman–Crippen LogP) is 2.10. The molecule has 30 heavy (non-hydrogen) atoms. The third kappa shape index (κ3) is 3.04. The Labute approximate surface area is 171 Å². The zero-order valence-electron chi connectivity index (χ0n) is 16.2. The number of carbonyl (C=O) groups excluding carboxylic acids is 3. The summed E-state index contributed by atoms with van der Waals surface area (Å²) >= 11 is 0. The summed E-state index contributed by atoms with van der Waals surface area (Å²) in [6.07, 6.45) is 0. The molecule has 8 nitrogen and oxygen atoms in total. The standard InChI is InChI=1S/C22H18N4O4/c1-23-19(27)13-7-3-5-11(9-13)17-15-16(22(30)25-17)18(26-21(15)29)12-6-4-8-14(10-12)20(28)24-2/h3-10,25,30H,1-2H3,(H,23,27)(H,24,28). The summed E-state index contributed by atoms with van der Waals surface area (Å²) < 4.78 is 0. The molecule has 3 amide bonds. The molecule has 1 aliphatic rings. The van der Waals surface area contributed by atoms with Gasteiger partial charge >= 0.3 is 0 Å². The second-order valence-corrected chi connectivity index (χ2v) is 6.68. The third-order valence-electron chi connectivity index (χ3n) is 4.91. The van der Waals surface area contributed by atoms with Crippen molar-refractivity contribution in [3.63, 3.8) is 0 Å². The van der Waals surface area contributed by atoms with Gasteiger partial charge in [0.15, 0.2) is 5.88 Å². The maximum Gasteiger partial charge on any atom is 0.280 e. The maximum atomic E-state index is 12.7. The Balaban J connectivity index is 1.82. The second kappa shape index (κ2) is 7.32. The topological polar surface area (TPSA) is 124 Å². The van der Waals surface area contributed by atoms with Gasteiger partial charge in [0.2, 0.25) is 0 Å². The average Bonchev–Trinajstić information content (AvgIpc) is 3.31. The fourth-order valence-electron chi connectivity index (χ4n) is 3.48. The van der Waals surface area contributed by atoms with Crippen LogP contribution < -0.4 is 10.6 Å². The van der Waals surface area contributed by atoms with E-state index in [-0.39, 0.29) is 34.5 Å². The maximum absolute atomic E-state index is 12.7. The van der Waals surface area contributed by atoms with Crippen LogP contribution in [-0.2, 0) is 0 Å². The van der Waals surface area contributed by atoms with Gasteiger partial charge in [-0.25, -0.2) is 4.99 Å². The number of hydrogen-bond donors (Lipinski definition) is 4. The number of hydrogen-bond acceptors (Lipinski definition) is 4. The van der Waals surface area contributed by atoms with Crippen LogP contribution in [0, 0.1) is 0 Å². The number of carbonyl (C=O) groups is 3. The Morgan fingerprint density at radius 3 is 2.07 bits per heavy atom. The van der Waals surface area contributed by atoms with Crippen LogP contribution >= 0.6 is 0 Å². The van der Waals surface area contributed by atoms with Gasteiger partial charge in [0.05, 0.1) is 22.5 Å². The van der Waals surface area contributed by atoms with Crippen molar-refractivity contribution in [3.05, 3.63) is 76.3 Å². The molecule has 150 valence electrons. The van der Waals surface area contributed by atoms with Gasteiger partial charge in [0.1, 0.15) is 0 Å². The number of fused-ring (bicyclic) bond motifs is 1. The first-order valence-electron chi connectivity index (χ1n) is 9.18. The van der Waals surface area contributed by atoms with E-state index in [0.29, 0.717) is 27.9 Å². The molecule has 4 rings (SSSR count). The van der Waals surface area contributed by atoms with Crippen molar-refractivity contribution < 1.29 is 19.5 Å². The Morgan fingerprint density at radius 1 is 0.900 bits per heavy atom. The van der Waals surface area contributed by atoms with Crippen molar-refractivity contribution in [2.24, 2.45) is 4.99 Å². The lowest BCUT2D eigenvalue weighted by Crippen LogP contribution is -2.18. The van der Waals surface area contributed by atoms with Crippen LogP contribution in [0.2, 0.25) is 0 Å². The molecule has 0 unspecified atom stereocenters. The summed E-state index contributed by atoms with van der Waals surface area (Å²) in [6, 6.07) is 13.4. The number of aromatic amines is 1. The largest absolute Gasteiger partial charge is 0.494 e. The van der Waals surface area contributed by atoms with E-state index in [0.717, 1.165) is 0 Å². The first-order chi connectivity index (χ1) is 14.4. The van der Waals surface area contributed by atoms with E-state index in [4.69, 9.17) is 0 Å². The van der Waals surface area contributed by atoms with Crippen LogP contribution in [0.3, 0.4) is 0 Å². The van der Waals surface area contributed by atoms with Crippen LogP contribution in [0.4, 0.5) is 0 Å². The van der Waals surface area contributed by atoms with Gasteiger partial charge in [-0.2, -0.15) is 0 Å². The highest BCUT2D eigenvalue weighted by molar-refractivity contribution is 6.30. The number of nitrogens with zero attached hydrogens (tertiary/aromatic N) is 1. The van der Waals surface area contributed by atoms with Gasteiger partial charge in [-0.15, -0.1) is 0 Å². The minimum absolute atomic E-state index is 0.208. The molecule has 4 N–H and O–H groups in total. The van der Waals surface area contributed by atoms with Crippen molar-refractivity contribution >= 4 is 23.4 Å². The number of nitrogens with one attached hydrogen (secondary N) is 3. The number of aliphatic imine (C=N–C) groups is 1. The van der Waals surface area contributed by atoms with E-state index >= 15 is 0 Å². The fourth-order valence-corrected chi connectivity index (χ4v) is 3.48. The average molecular weight is 402 g/mol. The van der Waals surface area contributed by atoms with Gasteiger partial charge in [-0.1, -0.05) is 24.3 Å². The van der Waals surface area contributed by atoms with Crippen LogP contribution in [0.5, 0.6) is 5.88 Å². The van der Waals surface area contributed by atoms with Crippen molar-refractivity contribution in [2.75, 3.05) is 14.1 Å². The zero-order valence-corrected chi connectivity index (χ0v) is 16.2. The van der Waals surface area contributed by atoms with Crippen molar-refractivity contribution in [3.8, 4) is 17.1 Å². The third-order valence-corrected chi connectivity index (χ3v) is 4.91. The molecule has 3 aromatic rings. The van der Waals surface area contributed by atoms with Crippen molar-refractivity contribution in [1.29, 1.82) is 0 Å². The van der Waals surface area contributed by atoms with Gasteiger partial charge in [-0.05, 0) is 29.8 Å². The Morgan fingerprint density at radius 2 is 1.47 bits per heavy atom. The van der Waals surface area contributed by atoms with Crippen molar-refractivity contribution in [2.45, 2.75) is 0 Å². The molecule has 2 heterocycles. The highest BCUT2D eigenvalue weighted by Crippen LogP contribution is 2.38. The van der Waals surface area contributed by atoms with E-state index in [9.17, 15) is 19.5 Å². The van der Waals surface area contributed by atoms with Crippen LogP contribution in [-0.4, -0.2) is 47.6 Å². The van der Waals surface area contributed by atoms with Crippen LogP contribution in [0.25, 0.3) is 11.3 Å². The highest BCUT2D eigenvalue weighted by Gasteiger charge is 2.33. The molecule has 0 saturated heterocycles. The molecule has 0 bridgehead atoms. The second-order valence-electron chi connectivity index (χ2n) is 6.68. The van der Waals surface area contributed by atoms with Gasteiger partial charge in [0.25, 0.3) is 17.7 Å².